The van der Waals surface area contributed by atoms with Gasteiger partial charge in [-0.05, 0) is 63.1 Å². The van der Waals surface area contributed by atoms with Gasteiger partial charge < -0.3 is 14.6 Å². The highest BCUT2D eigenvalue weighted by Crippen LogP contribution is 2.27. The van der Waals surface area contributed by atoms with Gasteiger partial charge in [0.25, 0.3) is 0 Å². The molecule has 2 N–H and O–H groups in total. The number of ketones is 1. The minimum absolute atomic E-state index is 0.204. The average Bonchev–Trinajstić information content (AvgIpc) is 3.36. The van der Waals surface area contributed by atoms with Crippen LogP contribution in [0, 0.1) is 51.4 Å². The Morgan fingerprint density at radius 2 is 1.18 bits per heavy atom. The van der Waals surface area contributed by atoms with Crippen LogP contribution < -0.4 is 0 Å². The number of hydrogen-bond acceptors (Lipinski definition) is 2. The molecule has 0 radical (unpaired) electrons. The summed E-state index contributed by atoms with van der Waals surface area (Å²) in [7, 11) is -3.14. The molecule has 0 spiro atoms. The lowest BCUT2D eigenvalue weighted by atomic mass is 10.0. The zero-order valence-corrected chi connectivity index (χ0v) is 21.5. The van der Waals surface area contributed by atoms with Crippen molar-refractivity contribution < 1.29 is 18.1 Å². The highest BCUT2D eigenvalue weighted by Gasteiger charge is 2.26. The summed E-state index contributed by atoms with van der Waals surface area (Å²) in [6, 6.07) is 18.7. The highest BCUT2D eigenvalue weighted by molar-refractivity contribution is 6.36. The van der Waals surface area contributed by atoms with Gasteiger partial charge in [-0.25, -0.2) is 8.63 Å². The van der Waals surface area contributed by atoms with Gasteiger partial charge in [0, 0.05) is 28.6 Å². The summed E-state index contributed by atoms with van der Waals surface area (Å²) in [5.74, 6) is 11.4. The van der Waals surface area contributed by atoms with E-state index in [0.29, 0.717) is 11.1 Å². The van der Waals surface area contributed by atoms with E-state index in [1.807, 2.05) is 88.4 Å². The van der Waals surface area contributed by atoms with E-state index in [9.17, 15) is 13.4 Å². The normalized spacial score (nSPS) is 10.7. The smallest absolute Gasteiger partial charge is 0.503 e. The number of allylic oxidation sites excluding steroid dienone is 1. The SMILES string of the molecule is Cc1[nH]c(C(=O)/C=C(\OB(F)F)c2[nH]c(C)c(C)c2C#Cc2ccccc2)c(C#Cc2ccccc2)c1C. The molecule has 0 aliphatic rings. The van der Waals surface area contributed by atoms with E-state index in [1.165, 1.54) is 0 Å². The van der Waals surface area contributed by atoms with Crippen LogP contribution in [0.4, 0.5) is 8.63 Å². The number of hydrogen-bond donors (Lipinski definition) is 2. The Morgan fingerprint density at radius 1 is 0.737 bits per heavy atom. The summed E-state index contributed by atoms with van der Waals surface area (Å²) < 4.78 is 31.9. The second kappa shape index (κ2) is 11.5. The first-order valence-electron chi connectivity index (χ1n) is 12.0. The Balaban J connectivity index is 1.79. The van der Waals surface area contributed by atoms with Crippen LogP contribution in [-0.4, -0.2) is 23.2 Å². The van der Waals surface area contributed by atoms with Crippen molar-refractivity contribution in [3.05, 3.63) is 123 Å². The maximum absolute atomic E-state index is 13.5. The highest BCUT2D eigenvalue weighted by atomic mass is 19.2. The van der Waals surface area contributed by atoms with Crippen molar-refractivity contribution in [3.8, 4) is 23.7 Å². The van der Waals surface area contributed by atoms with E-state index >= 15 is 0 Å². The lowest BCUT2D eigenvalue weighted by Crippen LogP contribution is -2.08. The number of aryl methyl sites for hydroxylation is 2. The van der Waals surface area contributed by atoms with Crippen molar-refractivity contribution in [2.24, 2.45) is 0 Å². The van der Waals surface area contributed by atoms with Crippen LogP contribution in [-0.2, 0) is 4.65 Å². The molecule has 0 amide bonds. The van der Waals surface area contributed by atoms with Gasteiger partial charge in [-0.3, -0.25) is 4.79 Å². The maximum atomic E-state index is 13.5. The van der Waals surface area contributed by atoms with Crippen molar-refractivity contribution in [3.63, 3.8) is 0 Å². The number of rotatable bonds is 5. The first-order valence-corrected chi connectivity index (χ1v) is 12.0. The van der Waals surface area contributed by atoms with E-state index in [0.717, 1.165) is 39.7 Å². The number of nitrogens with one attached hydrogen (secondary N) is 2. The third-order valence-electron chi connectivity index (χ3n) is 6.18. The van der Waals surface area contributed by atoms with Gasteiger partial charge in [-0.2, -0.15) is 0 Å². The molecule has 0 bridgehead atoms. The number of carbonyl (C=O) groups is 1. The molecule has 0 atom stereocenters. The summed E-state index contributed by atoms with van der Waals surface area (Å²) in [5, 5.41) is 0. The third-order valence-corrected chi connectivity index (χ3v) is 6.18. The van der Waals surface area contributed by atoms with Gasteiger partial charge >= 0.3 is 7.47 Å². The minimum atomic E-state index is -3.14. The summed E-state index contributed by atoms with van der Waals surface area (Å²) in [6.07, 6.45) is 1.06. The molecule has 4 nitrogen and oxygen atoms in total. The number of benzene rings is 2. The van der Waals surface area contributed by atoms with Gasteiger partial charge in [-0.15, -0.1) is 0 Å². The van der Waals surface area contributed by atoms with Crippen LogP contribution in [0.5, 0.6) is 0 Å². The zero-order chi connectivity index (χ0) is 27.2. The van der Waals surface area contributed by atoms with Crippen molar-refractivity contribution in [2.75, 3.05) is 0 Å². The van der Waals surface area contributed by atoms with E-state index in [-0.39, 0.29) is 17.1 Å². The second-order valence-corrected chi connectivity index (χ2v) is 8.73. The van der Waals surface area contributed by atoms with E-state index in [1.54, 1.807) is 0 Å². The Hall–Kier alpha value is -4.75. The maximum Gasteiger partial charge on any atom is 0.796 e. The van der Waals surface area contributed by atoms with Gasteiger partial charge in [0.1, 0.15) is 11.5 Å². The zero-order valence-electron chi connectivity index (χ0n) is 21.5. The van der Waals surface area contributed by atoms with Gasteiger partial charge in [0.2, 0.25) is 5.78 Å². The fraction of sp³-hybridized carbons (Fsp3) is 0.129. The molecule has 2 aromatic carbocycles. The Morgan fingerprint density at radius 3 is 1.66 bits per heavy atom. The van der Waals surface area contributed by atoms with Crippen molar-refractivity contribution >= 4 is 19.0 Å². The van der Waals surface area contributed by atoms with E-state index in [2.05, 4.69) is 33.6 Å². The Bertz CT molecular complexity index is 1630. The fourth-order valence-electron chi connectivity index (χ4n) is 3.88. The molecule has 2 aromatic heterocycles. The quantitative estimate of drug-likeness (QED) is 0.106. The molecule has 38 heavy (non-hydrogen) atoms. The molecule has 4 aromatic rings. The number of aromatic nitrogens is 2. The van der Waals surface area contributed by atoms with Crippen molar-refractivity contribution in [2.45, 2.75) is 27.7 Å². The van der Waals surface area contributed by atoms with Crippen LogP contribution in [0.15, 0.2) is 66.7 Å². The molecular formula is C31H25BF2N2O2. The lowest BCUT2D eigenvalue weighted by molar-refractivity contribution is 0.104. The van der Waals surface area contributed by atoms with Crippen molar-refractivity contribution in [1.29, 1.82) is 0 Å². The van der Waals surface area contributed by atoms with E-state index in [4.69, 9.17) is 4.65 Å². The molecule has 0 fully saturated rings. The topological polar surface area (TPSA) is 57.9 Å². The molecule has 0 unspecified atom stereocenters. The fourth-order valence-corrected chi connectivity index (χ4v) is 3.88. The monoisotopic (exact) mass is 506 g/mol. The van der Waals surface area contributed by atoms with E-state index < -0.39 is 13.3 Å². The Kier molecular flexibility index (Phi) is 7.99. The summed E-state index contributed by atoms with van der Waals surface area (Å²) in [6.45, 7) is 7.33. The summed E-state index contributed by atoms with van der Waals surface area (Å²) >= 11 is 0. The van der Waals surface area contributed by atoms with Gasteiger partial charge in [0.05, 0.1) is 16.8 Å². The number of aromatic amines is 2. The average molecular weight is 506 g/mol. The van der Waals surface area contributed by atoms with Gasteiger partial charge in [-0.1, -0.05) is 60.1 Å². The predicted molar refractivity (Wildman–Crippen MR) is 147 cm³/mol. The van der Waals surface area contributed by atoms with Crippen LogP contribution >= 0.6 is 0 Å². The van der Waals surface area contributed by atoms with Crippen LogP contribution in [0.3, 0.4) is 0 Å². The standard InChI is InChI=1S/C31H25BF2N2O2/c1-20-22(3)35-30(26(20)17-15-24-11-7-5-8-12-24)28(37)19-29(38-32(33)34)31-27(21(2)23(4)36-31)18-16-25-13-9-6-10-14-25/h5-14,19,35-36H,1-4H3/b29-19-. The summed E-state index contributed by atoms with van der Waals surface area (Å²) in [5.41, 5.74) is 6.05. The van der Waals surface area contributed by atoms with Crippen LogP contribution in [0.25, 0.3) is 5.76 Å². The van der Waals surface area contributed by atoms with Gasteiger partial charge in [0.15, 0.2) is 0 Å². The molecule has 4 rings (SSSR count). The molecule has 0 saturated carbocycles. The molecule has 0 saturated heterocycles. The van der Waals surface area contributed by atoms with Crippen LogP contribution in [0.2, 0.25) is 0 Å². The molecule has 7 heteroatoms. The lowest BCUT2D eigenvalue weighted by Gasteiger charge is -2.08. The molecule has 0 aliphatic heterocycles. The van der Waals surface area contributed by atoms with Crippen LogP contribution in [0.1, 0.15) is 61.0 Å². The molecule has 2 heterocycles. The third kappa shape index (κ3) is 5.96. The molecule has 188 valence electrons. The largest absolute Gasteiger partial charge is 0.796 e. The first kappa shape index (κ1) is 26.3. The number of halogens is 2. The predicted octanol–water partition coefficient (Wildman–Crippen LogP) is 6.54. The minimum Gasteiger partial charge on any atom is -0.503 e. The number of carbonyl (C=O) groups excluding carboxylic acids is 1. The Labute approximate surface area is 221 Å². The molecular weight excluding hydrogens is 481 g/mol. The number of H-pyrrole nitrogens is 2. The first-order chi connectivity index (χ1) is 18.2. The molecule has 0 aliphatic carbocycles. The second-order valence-electron chi connectivity index (χ2n) is 8.73. The summed E-state index contributed by atoms with van der Waals surface area (Å²) in [4.78, 5) is 19.6. The van der Waals surface area contributed by atoms with Crippen molar-refractivity contribution in [1.82, 2.24) is 9.97 Å².